The van der Waals surface area contributed by atoms with E-state index in [0.29, 0.717) is 6.54 Å². The van der Waals surface area contributed by atoms with Crippen LogP contribution in [0.5, 0.6) is 0 Å². The van der Waals surface area contributed by atoms with Crippen molar-refractivity contribution in [1.29, 1.82) is 0 Å². The topological polar surface area (TPSA) is 41.1 Å². The van der Waals surface area contributed by atoms with Gasteiger partial charge in [0.25, 0.3) is 0 Å². The van der Waals surface area contributed by atoms with E-state index in [4.69, 9.17) is 0 Å². The largest absolute Gasteiger partial charge is 0.355 e. The van der Waals surface area contributed by atoms with Gasteiger partial charge >= 0.3 is 0 Å². The number of likely N-dealkylation sites (N-methyl/N-ethyl adjacent to an activating group) is 1. The van der Waals surface area contributed by atoms with Crippen LogP contribution in [-0.2, 0) is 4.79 Å². The third-order valence-corrected chi connectivity index (χ3v) is 2.37. The fourth-order valence-electron chi connectivity index (χ4n) is 1.23. The van der Waals surface area contributed by atoms with Gasteiger partial charge in [-0.15, -0.1) is 0 Å². The Morgan fingerprint density at radius 2 is 2.25 bits per heavy atom. The number of hydrogen-bond acceptors (Lipinski definition) is 2. The van der Waals surface area contributed by atoms with Crippen molar-refractivity contribution in [3.05, 3.63) is 0 Å². The fourth-order valence-corrected chi connectivity index (χ4v) is 1.23. The molecular formula is C9H18N2O. The van der Waals surface area contributed by atoms with Gasteiger partial charge in [0.2, 0.25) is 5.91 Å². The summed E-state index contributed by atoms with van der Waals surface area (Å²) in [6.07, 6.45) is 1.28. The lowest BCUT2D eigenvalue weighted by Crippen LogP contribution is -2.34. The van der Waals surface area contributed by atoms with Crippen LogP contribution in [0.3, 0.4) is 0 Å². The van der Waals surface area contributed by atoms with Crippen molar-refractivity contribution < 1.29 is 4.79 Å². The van der Waals surface area contributed by atoms with E-state index in [2.05, 4.69) is 17.6 Å². The molecule has 0 radical (unpaired) electrons. The molecule has 0 aromatic carbocycles. The molecule has 0 spiro atoms. The van der Waals surface area contributed by atoms with Gasteiger partial charge in [0, 0.05) is 6.54 Å². The summed E-state index contributed by atoms with van der Waals surface area (Å²) >= 11 is 0. The zero-order valence-corrected chi connectivity index (χ0v) is 7.89. The lowest BCUT2D eigenvalue weighted by Gasteiger charge is -2.03. The molecule has 0 aromatic rings. The van der Waals surface area contributed by atoms with Crippen molar-refractivity contribution in [2.75, 3.05) is 19.6 Å². The van der Waals surface area contributed by atoms with Crippen LogP contribution >= 0.6 is 0 Å². The Bertz CT molecular complexity index is 159. The molecule has 1 amide bonds. The zero-order valence-electron chi connectivity index (χ0n) is 7.89. The van der Waals surface area contributed by atoms with Gasteiger partial charge in [0.1, 0.15) is 0 Å². The van der Waals surface area contributed by atoms with Crippen LogP contribution < -0.4 is 10.6 Å². The summed E-state index contributed by atoms with van der Waals surface area (Å²) < 4.78 is 0. The second-order valence-corrected chi connectivity index (χ2v) is 3.56. The molecule has 0 saturated heterocycles. The van der Waals surface area contributed by atoms with Gasteiger partial charge in [-0.25, -0.2) is 0 Å². The molecule has 2 atom stereocenters. The van der Waals surface area contributed by atoms with Gasteiger partial charge in [-0.1, -0.05) is 13.8 Å². The third-order valence-electron chi connectivity index (χ3n) is 2.37. The molecule has 3 nitrogen and oxygen atoms in total. The van der Waals surface area contributed by atoms with E-state index in [1.54, 1.807) is 0 Å². The summed E-state index contributed by atoms with van der Waals surface area (Å²) in [5, 5.41) is 5.90. The van der Waals surface area contributed by atoms with Crippen molar-refractivity contribution in [3.8, 4) is 0 Å². The number of carbonyl (C=O) groups is 1. The molecule has 1 rings (SSSR count). The molecule has 70 valence electrons. The van der Waals surface area contributed by atoms with E-state index in [9.17, 15) is 4.79 Å². The molecule has 1 fully saturated rings. The summed E-state index contributed by atoms with van der Waals surface area (Å²) in [6.45, 7) is 6.40. The maximum absolute atomic E-state index is 11.1. The first-order valence-electron chi connectivity index (χ1n) is 4.71. The minimum absolute atomic E-state index is 0.121. The van der Waals surface area contributed by atoms with Gasteiger partial charge in [-0.05, 0) is 24.8 Å². The molecule has 0 bridgehead atoms. The summed E-state index contributed by atoms with van der Waals surface area (Å²) in [6, 6.07) is 0. The molecule has 0 heterocycles. The van der Waals surface area contributed by atoms with Gasteiger partial charge in [-0.2, -0.15) is 0 Å². The molecule has 1 saturated carbocycles. The Hall–Kier alpha value is -0.570. The maximum atomic E-state index is 11.1. The highest BCUT2D eigenvalue weighted by Gasteiger charge is 2.32. The summed E-state index contributed by atoms with van der Waals surface area (Å²) in [4.78, 5) is 11.1. The molecule has 2 N–H and O–H groups in total. The minimum atomic E-state index is 0.121. The van der Waals surface area contributed by atoms with Crippen molar-refractivity contribution in [3.63, 3.8) is 0 Å². The Kier molecular flexibility index (Phi) is 3.53. The van der Waals surface area contributed by atoms with Gasteiger partial charge in [0.15, 0.2) is 0 Å². The summed E-state index contributed by atoms with van der Waals surface area (Å²) in [5.74, 6) is 1.69. The molecule has 1 aliphatic carbocycles. The van der Waals surface area contributed by atoms with Gasteiger partial charge in [-0.3, -0.25) is 4.79 Å². The van der Waals surface area contributed by atoms with Crippen LogP contribution in [0.2, 0.25) is 0 Å². The average molecular weight is 170 g/mol. The standard InChI is InChI=1S/C9H18N2O/c1-3-10-6-9(12)11-5-8-4-7(8)2/h7-8,10H,3-6H2,1-2H3,(H,11,12). The maximum Gasteiger partial charge on any atom is 0.233 e. The van der Waals surface area contributed by atoms with E-state index < -0.39 is 0 Å². The molecule has 0 aliphatic heterocycles. The van der Waals surface area contributed by atoms with Crippen LogP contribution in [-0.4, -0.2) is 25.5 Å². The lowest BCUT2D eigenvalue weighted by atomic mass is 10.3. The Labute approximate surface area is 73.9 Å². The molecule has 2 unspecified atom stereocenters. The van der Waals surface area contributed by atoms with Gasteiger partial charge in [0.05, 0.1) is 6.54 Å². The second-order valence-electron chi connectivity index (χ2n) is 3.56. The third kappa shape index (κ3) is 3.22. The van der Waals surface area contributed by atoms with Crippen molar-refractivity contribution in [2.45, 2.75) is 20.3 Å². The van der Waals surface area contributed by atoms with Crippen LogP contribution in [0, 0.1) is 11.8 Å². The zero-order chi connectivity index (χ0) is 8.97. The molecular weight excluding hydrogens is 152 g/mol. The number of rotatable bonds is 5. The quantitative estimate of drug-likeness (QED) is 0.626. The lowest BCUT2D eigenvalue weighted by molar-refractivity contribution is -0.120. The van der Waals surface area contributed by atoms with E-state index in [1.165, 1.54) is 6.42 Å². The SMILES string of the molecule is CCNCC(=O)NCC1CC1C. The van der Waals surface area contributed by atoms with E-state index >= 15 is 0 Å². The van der Waals surface area contributed by atoms with Crippen LogP contribution in [0.4, 0.5) is 0 Å². The predicted octanol–water partition coefficient (Wildman–Crippen LogP) is 0.368. The predicted molar refractivity (Wildman–Crippen MR) is 48.8 cm³/mol. The molecule has 1 aliphatic rings. The monoisotopic (exact) mass is 170 g/mol. The molecule has 3 heteroatoms. The normalized spacial score (nSPS) is 26.8. The summed E-state index contributed by atoms with van der Waals surface area (Å²) in [7, 11) is 0. The highest BCUT2D eigenvalue weighted by molar-refractivity contribution is 5.77. The van der Waals surface area contributed by atoms with Crippen molar-refractivity contribution in [1.82, 2.24) is 10.6 Å². The van der Waals surface area contributed by atoms with Crippen LogP contribution in [0.1, 0.15) is 20.3 Å². The van der Waals surface area contributed by atoms with E-state index in [1.807, 2.05) is 6.92 Å². The van der Waals surface area contributed by atoms with E-state index in [0.717, 1.165) is 24.9 Å². The highest BCUT2D eigenvalue weighted by atomic mass is 16.1. The Morgan fingerprint density at radius 3 is 2.75 bits per heavy atom. The number of hydrogen-bond donors (Lipinski definition) is 2. The van der Waals surface area contributed by atoms with E-state index in [-0.39, 0.29) is 5.91 Å². The minimum Gasteiger partial charge on any atom is -0.355 e. The smallest absolute Gasteiger partial charge is 0.233 e. The average Bonchev–Trinajstić information content (AvgIpc) is 2.75. The number of carbonyl (C=O) groups excluding carboxylic acids is 1. The Morgan fingerprint density at radius 1 is 1.58 bits per heavy atom. The van der Waals surface area contributed by atoms with Crippen LogP contribution in [0.15, 0.2) is 0 Å². The number of amides is 1. The first kappa shape index (κ1) is 9.52. The fraction of sp³-hybridized carbons (Fsp3) is 0.889. The second kappa shape index (κ2) is 4.45. The van der Waals surface area contributed by atoms with Crippen LogP contribution in [0.25, 0.3) is 0 Å². The highest BCUT2D eigenvalue weighted by Crippen LogP contribution is 2.36. The van der Waals surface area contributed by atoms with Crippen molar-refractivity contribution in [2.24, 2.45) is 11.8 Å². The number of nitrogens with one attached hydrogen (secondary N) is 2. The molecule has 0 aromatic heterocycles. The summed E-state index contributed by atoms with van der Waals surface area (Å²) in [5.41, 5.74) is 0. The first-order chi connectivity index (χ1) is 5.74. The van der Waals surface area contributed by atoms with Crippen molar-refractivity contribution >= 4 is 5.91 Å². The Balaban J connectivity index is 1.95. The van der Waals surface area contributed by atoms with Gasteiger partial charge < -0.3 is 10.6 Å². The molecule has 12 heavy (non-hydrogen) atoms. The first-order valence-corrected chi connectivity index (χ1v) is 4.71.